The van der Waals surface area contributed by atoms with Gasteiger partial charge in [0.1, 0.15) is 19.2 Å². The number of rotatable bonds is 6. The molecule has 1 aromatic carbocycles. The molecule has 0 radical (unpaired) electrons. The van der Waals surface area contributed by atoms with Crippen LogP contribution >= 0.6 is 0 Å². The van der Waals surface area contributed by atoms with Gasteiger partial charge in [0, 0.05) is 6.54 Å². The number of ether oxygens (including phenoxy) is 1. The van der Waals surface area contributed by atoms with Gasteiger partial charge in [0.15, 0.2) is 0 Å². The highest BCUT2D eigenvalue weighted by molar-refractivity contribution is 5.78. The first kappa shape index (κ1) is 16.8. The number of carbonyl (C=O) groups is 3. The van der Waals surface area contributed by atoms with Crippen molar-refractivity contribution in [3.8, 4) is 0 Å². The van der Waals surface area contributed by atoms with E-state index in [0.29, 0.717) is 19.4 Å². The largest absolute Gasteiger partial charge is 0.480 e. The molecule has 1 heterocycles. The number of nitrogens with zero attached hydrogens (tertiary/aromatic N) is 2. The molecule has 1 fully saturated rings. The van der Waals surface area contributed by atoms with E-state index in [1.807, 2.05) is 6.07 Å². The zero-order chi connectivity index (χ0) is 16.8. The summed E-state index contributed by atoms with van der Waals surface area (Å²) in [5.74, 6) is -2.33. The fraction of sp³-hybridized carbons (Fsp3) is 0.400. The Bertz CT molecular complexity index is 577. The number of benzene rings is 1. The van der Waals surface area contributed by atoms with Crippen molar-refractivity contribution in [2.45, 2.75) is 25.5 Å². The molecule has 0 aromatic heterocycles. The molecule has 1 aliphatic rings. The molecule has 1 amide bonds. The number of hydrazine groups is 1. The van der Waals surface area contributed by atoms with Crippen molar-refractivity contribution >= 4 is 18.0 Å². The van der Waals surface area contributed by atoms with E-state index in [4.69, 9.17) is 9.84 Å². The lowest BCUT2D eigenvalue weighted by Crippen LogP contribution is -2.53. The Morgan fingerprint density at radius 3 is 2.52 bits per heavy atom. The normalized spacial score (nSPS) is 17.7. The molecule has 1 saturated heterocycles. The Balaban J connectivity index is 2.06. The maximum absolute atomic E-state index is 12.2. The molecule has 23 heavy (non-hydrogen) atoms. The van der Waals surface area contributed by atoms with Gasteiger partial charge in [-0.2, -0.15) is 0 Å². The average Bonchev–Trinajstić information content (AvgIpc) is 3.00. The summed E-state index contributed by atoms with van der Waals surface area (Å²) in [6.07, 6.45) is 0.0561. The zero-order valence-corrected chi connectivity index (χ0v) is 12.4. The van der Waals surface area contributed by atoms with Crippen LogP contribution in [-0.4, -0.2) is 57.4 Å². The molecular formula is C15H18N2O6. The molecule has 0 spiro atoms. The molecule has 0 saturated carbocycles. The minimum absolute atomic E-state index is 0.0125. The van der Waals surface area contributed by atoms with Crippen LogP contribution in [0.5, 0.6) is 0 Å². The Hall–Kier alpha value is -2.61. The standard InChI is InChI=1S/C15H18N2O6/c18-13(19)9-17(16-8-4-7-12(16)14(20)21)15(22)23-10-11-5-2-1-3-6-11/h1-3,5-6,12H,4,7-10H2,(H,18,19)(H,20,21)/t12-/m0/s1. The highest BCUT2D eigenvalue weighted by atomic mass is 16.6. The molecule has 8 heteroatoms. The fourth-order valence-corrected chi connectivity index (χ4v) is 2.47. The number of amides is 1. The number of carboxylic acids is 2. The lowest BCUT2D eigenvalue weighted by molar-refractivity contribution is -0.154. The second-order valence-corrected chi connectivity index (χ2v) is 5.15. The van der Waals surface area contributed by atoms with Crippen molar-refractivity contribution in [3.63, 3.8) is 0 Å². The molecule has 1 aliphatic heterocycles. The van der Waals surface area contributed by atoms with E-state index in [1.165, 1.54) is 5.01 Å². The van der Waals surface area contributed by atoms with E-state index in [2.05, 4.69) is 0 Å². The SMILES string of the molecule is O=C(O)CN(C(=O)OCc1ccccc1)N1CCC[C@H]1C(=O)O. The van der Waals surface area contributed by atoms with Crippen molar-refractivity contribution in [2.24, 2.45) is 0 Å². The van der Waals surface area contributed by atoms with E-state index in [9.17, 15) is 19.5 Å². The van der Waals surface area contributed by atoms with Crippen molar-refractivity contribution in [3.05, 3.63) is 35.9 Å². The summed E-state index contributed by atoms with van der Waals surface area (Å²) in [6, 6.07) is 8.02. The maximum Gasteiger partial charge on any atom is 0.425 e. The molecule has 0 unspecified atom stereocenters. The Morgan fingerprint density at radius 2 is 1.91 bits per heavy atom. The topological polar surface area (TPSA) is 107 Å². The second kappa shape index (κ2) is 7.59. The second-order valence-electron chi connectivity index (χ2n) is 5.15. The van der Waals surface area contributed by atoms with Crippen molar-refractivity contribution in [1.29, 1.82) is 0 Å². The van der Waals surface area contributed by atoms with Crippen LogP contribution in [0.1, 0.15) is 18.4 Å². The third-order valence-corrected chi connectivity index (χ3v) is 3.52. The van der Waals surface area contributed by atoms with Gasteiger partial charge in [0.05, 0.1) is 0 Å². The molecule has 2 N–H and O–H groups in total. The number of carboxylic acid groups (broad SMARTS) is 2. The lowest BCUT2D eigenvalue weighted by atomic mass is 10.2. The number of hydrogen-bond donors (Lipinski definition) is 2. The lowest BCUT2D eigenvalue weighted by Gasteiger charge is -2.32. The quantitative estimate of drug-likeness (QED) is 0.809. The van der Waals surface area contributed by atoms with Gasteiger partial charge in [-0.1, -0.05) is 30.3 Å². The van der Waals surface area contributed by atoms with Crippen LogP contribution in [-0.2, 0) is 20.9 Å². The van der Waals surface area contributed by atoms with E-state index in [1.54, 1.807) is 24.3 Å². The number of carbonyl (C=O) groups excluding carboxylic acids is 1. The smallest absolute Gasteiger partial charge is 0.425 e. The minimum Gasteiger partial charge on any atom is -0.480 e. The van der Waals surface area contributed by atoms with Gasteiger partial charge < -0.3 is 14.9 Å². The van der Waals surface area contributed by atoms with Crippen LogP contribution in [0.25, 0.3) is 0 Å². The summed E-state index contributed by atoms with van der Waals surface area (Å²) in [5.41, 5.74) is 0.757. The third-order valence-electron chi connectivity index (χ3n) is 3.52. The van der Waals surface area contributed by atoms with Crippen molar-refractivity contribution < 1.29 is 29.3 Å². The van der Waals surface area contributed by atoms with Gasteiger partial charge in [-0.05, 0) is 18.4 Å². The summed E-state index contributed by atoms with van der Waals surface area (Å²) >= 11 is 0. The fourth-order valence-electron chi connectivity index (χ4n) is 2.47. The predicted octanol–water partition coefficient (Wildman–Crippen LogP) is 1.17. The van der Waals surface area contributed by atoms with Crippen molar-refractivity contribution in [1.82, 2.24) is 10.0 Å². The van der Waals surface area contributed by atoms with Gasteiger partial charge in [0.25, 0.3) is 0 Å². The molecule has 0 bridgehead atoms. The van der Waals surface area contributed by atoms with E-state index in [-0.39, 0.29) is 6.61 Å². The summed E-state index contributed by atoms with van der Waals surface area (Å²) < 4.78 is 5.12. The molecular weight excluding hydrogens is 304 g/mol. The van der Waals surface area contributed by atoms with Crippen LogP contribution in [0, 0.1) is 0 Å². The van der Waals surface area contributed by atoms with Crippen LogP contribution < -0.4 is 0 Å². The van der Waals surface area contributed by atoms with Crippen LogP contribution in [0.2, 0.25) is 0 Å². The maximum atomic E-state index is 12.2. The Morgan fingerprint density at radius 1 is 1.22 bits per heavy atom. The van der Waals surface area contributed by atoms with Crippen LogP contribution in [0.3, 0.4) is 0 Å². The van der Waals surface area contributed by atoms with Crippen molar-refractivity contribution in [2.75, 3.05) is 13.1 Å². The average molecular weight is 322 g/mol. The Labute approximate surface area is 132 Å². The van der Waals surface area contributed by atoms with E-state index >= 15 is 0 Å². The van der Waals surface area contributed by atoms with Gasteiger partial charge in [-0.3, -0.25) is 9.59 Å². The number of hydrogen-bond acceptors (Lipinski definition) is 5. The van der Waals surface area contributed by atoms with Gasteiger partial charge in [0.2, 0.25) is 0 Å². The molecule has 2 rings (SSSR count). The van der Waals surface area contributed by atoms with Crippen LogP contribution in [0.15, 0.2) is 30.3 Å². The first-order valence-corrected chi connectivity index (χ1v) is 7.18. The zero-order valence-electron chi connectivity index (χ0n) is 12.4. The summed E-state index contributed by atoms with van der Waals surface area (Å²) in [4.78, 5) is 34.4. The first-order chi connectivity index (χ1) is 11.0. The first-order valence-electron chi connectivity index (χ1n) is 7.18. The monoisotopic (exact) mass is 322 g/mol. The van der Waals surface area contributed by atoms with E-state index in [0.717, 1.165) is 10.6 Å². The minimum atomic E-state index is -1.24. The number of aliphatic carboxylic acids is 2. The predicted molar refractivity (Wildman–Crippen MR) is 78.3 cm³/mol. The molecule has 1 atom stereocenters. The highest BCUT2D eigenvalue weighted by Crippen LogP contribution is 2.20. The summed E-state index contributed by atoms with van der Waals surface area (Å²) in [5, 5.41) is 20.3. The summed E-state index contributed by atoms with van der Waals surface area (Å²) in [6.45, 7) is -0.358. The highest BCUT2D eigenvalue weighted by Gasteiger charge is 2.38. The molecule has 0 aliphatic carbocycles. The third kappa shape index (κ3) is 4.43. The molecule has 1 aromatic rings. The van der Waals surface area contributed by atoms with Gasteiger partial charge in [-0.15, -0.1) is 0 Å². The van der Waals surface area contributed by atoms with E-state index < -0.39 is 30.6 Å². The molecule has 124 valence electrons. The van der Waals surface area contributed by atoms with Gasteiger partial charge >= 0.3 is 18.0 Å². The Kier molecular flexibility index (Phi) is 5.53. The van der Waals surface area contributed by atoms with Gasteiger partial charge in [-0.25, -0.2) is 14.8 Å². The molecule has 8 nitrogen and oxygen atoms in total. The summed E-state index contributed by atoms with van der Waals surface area (Å²) in [7, 11) is 0. The van der Waals surface area contributed by atoms with Crippen LogP contribution in [0.4, 0.5) is 4.79 Å².